The van der Waals surface area contributed by atoms with Gasteiger partial charge in [-0.15, -0.1) is 0 Å². The average molecular weight is 336 g/mol. The third-order valence-corrected chi connectivity index (χ3v) is 4.16. The summed E-state index contributed by atoms with van der Waals surface area (Å²) in [6.45, 7) is 6.07. The first kappa shape index (κ1) is 17.2. The van der Waals surface area contributed by atoms with Gasteiger partial charge in [-0.25, -0.2) is 4.99 Å². The largest absolute Gasteiger partial charge is 0.478 e. The number of aliphatic imine (C=N–C) groups is 2. The topological polar surface area (TPSA) is 43.2 Å². The van der Waals surface area contributed by atoms with Gasteiger partial charge in [-0.05, 0) is 19.4 Å². The Balaban J connectivity index is 0.000000258. The summed E-state index contributed by atoms with van der Waals surface area (Å²) >= 11 is 0. The van der Waals surface area contributed by atoms with Crippen LogP contribution in [0.1, 0.15) is 25.5 Å². The lowest BCUT2D eigenvalue weighted by atomic mass is 9.93. The van der Waals surface area contributed by atoms with Crippen LogP contribution >= 0.6 is 0 Å². The minimum Gasteiger partial charge on any atom is -0.478 e. The first-order chi connectivity index (χ1) is 12.2. The molecule has 2 aromatic carbocycles. The van der Waals surface area contributed by atoms with Crippen LogP contribution in [-0.4, -0.2) is 31.6 Å². The van der Waals surface area contributed by atoms with Gasteiger partial charge < -0.3 is 9.47 Å². The van der Waals surface area contributed by atoms with Gasteiger partial charge in [0.2, 0.25) is 0 Å². The molecule has 0 amide bonds. The maximum atomic E-state index is 5.79. The number of rotatable bonds is 3. The fourth-order valence-electron chi connectivity index (χ4n) is 2.75. The SMILES string of the molecule is CC(C)(C1=NCCO1)C1=NC(c2ccccc2)CO1.c1ccccc1. The van der Waals surface area contributed by atoms with Crippen molar-refractivity contribution in [2.45, 2.75) is 19.9 Å². The van der Waals surface area contributed by atoms with Crippen molar-refractivity contribution in [1.82, 2.24) is 0 Å². The highest BCUT2D eigenvalue weighted by atomic mass is 16.5. The Labute approximate surface area is 149 Å². The molecular weight excluding hydrogens is 312 g/mol. The monoisotopic (exact) mass is 336 g/mol. The fraction of sp³-hybridized carbons (Fsp3) is 0.333. The number of ether oxygens (including phenoxy) is 2. The molecule has 130 valence electrons. The predicted octanol–water partition coefficient (Wildman–Crippen LogP) is 4.30. The van der Waals surface area contributed by atoms with Crippen molar-refractivity contribution in [3.8, 4) is 0 Å². The van der Waals surface area contributed by atoms with Gasteiger partial charge in [0.15, 0.2) is 11.8 Å². The summed E-state index contributed by atoms with van der Waals surface area (Å²) < 4.78 is 11.3. The lowest BCUT2D eigenvalue weighted by Gasteiger charge is -2.22. The molecule has 2 aliphatic heterocycles. The fourth-order valence-corrected chi connectivity index (χ4v) is 2.75. The van der Waals surface area contributed by atoms with Gasteiger partial charge in [-0.2, -0.15) is 0 Å². The summed E-state index contributed by atoms with van der Waals surface area (Å²) in [5.74, 6) is 1.46. The van der Waals surface area contributed by atoms with Gasteiger partial charge in [-0.1, -0.05) is 66.7 Å². The van der Waals surface area contributed by atoms with E-state index in [1.165, 1.54) is 5.56 Å². The molecule has 1 unspecified atom stereocenters. The second kappa shape index (κ2) is 7.97. The Hall–Kier alpha value is -2.62. The van der Waals surface area contributed by atoms with Crippen molar-refractivity contribution in [2.24, 2.45) is 15.4 Å². The van der Waals surface area contributed by atoms with E-state index in [0.29, 0.717) is 13.2 Å². The van der Waals surface area contributed by atoms with Crippen LogP contribution < -0.4 is 0 Å². The van der Waals surface area contributed by atoms with Crippen LogP contribution in [0.2, 0.25) is 0 Å². The molecule has 0 spiro atoms. The van der Waals surface area contributed by atoms with Crippen LogP contribution in [0.15, 0.2) is 76.7 Å². The predicted molar refractivity (Wildman–Crippen MR) is 101 cm³/mol. The van der Waals surface area contributed by atoms with Crippen LogP contribution in [0, 0.1) is 5.41 Å². The molecule has 2 aliphatic rings. The molecule has 2 aromatic rings. The molecule has 0 saturated heterocycles. The van der Waals surface area contributed by atoms with E-state index in [-0.39, 0.29) is 11.5 Å². The molecule has 25 heavy (non-hydrogen) atoms. The van der Waals surface area contributed by atoms with E-state index >= 15 is 0 Å². The summed E-state index contributed by atoms with van der Waals surface area (Å²) in [5.41, 5.74) is 0.808. The minimum absolute atomic E-state index is 0.0810. The number of benzene rings is 2. The molecule has 4 heteroatoms. The van der Waals surface area contributed by atoms with E-state index in [9.17, 15) is 0 Å². The van der Waals surface area contributed by atoms with Crippen molar-refractivity contribution >= 4 is 11.8 Å². The van der Waals surface area contributed by atoms with Crippen molar-refractivity contribution in [3.05, 3.63) is 72.3 Å². The van der Waals surface area contributed by atoms with Gasteiger partial charge in [0, 0.05) is 0 Å². The molecule has 0 fully saturated rings. The molecule has 0 N–H and O–H groups in total. The Morgan fingerprint density at radius 1 is 0.840 bits per heavy atom. The Morgan fingerprint density at radius 2 is 1.44 bits per heavy atom. The average Bonchev–Trinajstić information content (AvgIpc) is 3.37. The normalized spacial score (nSPS) is 19.0. The zero-order valence-corrected chi connectivity index (χ0v) is 14.8. The lowest BCUT2D eigenvalue weighted by Crippen LogP contribution is -2.34. The van der Waals surface area contributed by atoms with E-state index in [1.807, 2.05) is 68.4 Å². The van der Waals surface area contributed by atoms with Crippen LogP contribution in [-0.2, 0) is 9.47 Å². The molecule has 4 nitrogen and oxygen atoms in total. The van der Waals surface area contributed by atoms with Crippen molar-refractivity contribution in [2.75, 3.05) is 19.8 Å². The Bertz CT molecular complexity index is 697. The van der Waals surface area contributed by atoms with Crippen molar-refractivity contribution < 1.29 is 9.47 Å². The van der Waals surface area contributed by atoms with Gasteiger partial charge in [-0.3, -0.25) is 4.99 Å². The number of hydrogen-bond donors (Lipinski definition) is 0. The summed E-state index contributed by atoms with van der Waals surface area (Å²) in [4.78, 5) is 9.09. The Morgan fingerprint density at radius 3 is 2.00 bits per heavy atom. The molecule has 0 saturated carbocycles. The van der Waals surface area contributed by atoms with Crippen molar-refractivity contribution in [1.29, 1.82) is 0 Å². The standard InChI is InChI=1S/C15H18N2O2.C6H6/c1-15(2,13-16-8-9-18-13)14-17-12(10-19-14)11-6-4-3-5-7-11;1-2-4-6-5-3-1/h3-7,12H,8-10H2,1-2H3;1-6H. The molecular formula is C21H24N2O2. The first-order valence-electron chi connectivity index (χ1n) is 8.61. The maximum absolute atomic E-state index is 5.79. The molecule has 0 aromatic heterocycles. The second-order valence-electron chi connectivity index (χ2n) is 6.49. The molecule has 0 bridgehead atoms. The van der Waals surface area contributed by atoms with Gasteiger partial charge in [0.1, 0.15) is 24.7 Å². The van der Waals surface area contributed by atoms with Gasteiger partial charge >= 0.3 is 0 Å². The third-order valence-electron chi connectivity index (χ3n) is 4.16. The Kier molecular flexibility index (Phi) is 5.49. The van der Waals surface area contributed by atoms with Crippen LogP contribution in [0.5, 0.6) is 0 Å². The third kappa shape index (κ3) is 4.27. The molecule has 2 heterocycles. The smallest absolute Gasteiger partial charge is 0.199 e. The molecule has 0 aliphatic carbocycles. The maximum Gasteiger partial charge on any atom is 0.199 e. The first-order valence-corrected chi connectivity index (χ1v) is 8.61. The van der Waals surface area contributed by atoms with E-state index in [1.54, 1.807) is 0 Å². The van der Waals surface area contributed by atoms with Crippen molar-refractivity contribution in [3.63, 3.8) is 0 Å². The van der Waals surface area contributed by atoms with E-state index in [4.69, 9.17) is 14.5 Å². The second-order valence-corrected chi connectivity index (χ2v) is 6.49. The minimum atomic E-state index is -0.375. The molecule has 4 rings (SSSR count). The van der Waals surface area contributed by atoms with E-state index in [2.05, 4.69) is 17.1 Å². The quantitative estimate of drug-likeness (QED) is 0.839. The highest BCUT2D eigenvalue weighted by Crippen LogP contribution is 2.32. The molecule has 1 atom stereocenters. The van der Waals surface area contributed by atoms with Crippen LogP contribution in [0.25, 0.3) is 0 Å². The number of nitrogens with zero attached hydrogens (tertiary/aromatic N) is 2. The van der Waals surface area contributed by atoms with Crippen LogP contribution in [0.4, 0.5) is 0 Å². The summed E-state index contributed by atoms with van der Waals surface area (Å²) in [6, 6.07) is 22.3. The summed E-state index contributed by atoms with van der Waals surface area (Å²) in [5, 5.41) is 0. The van der Waals surface area contributed by atoms with E-state index < -0.39 is 0 Å². The molecule has 0 radical (unpaired) electrons. The van der Waals surface area contributed by atoms with Gasteiger partial charge in [0.25, 0.3) is 0 Å². The van der Waals surface area contributed by atoms with Gasteiger partial charge in [0.05, 0.1) is 6.54 Å². The summed E-state index contributed by atoms with van der Waals surface area (Å²) in [6.07, 6.45) is 0. The summed E-state index contributed by atoms with van der Waals surface area (Å²) in [7, 11) is 0. The highest BCUT2D eigenvalue weighted by molar-refractivity contribution is 6.05. The van der Waals surface area contributed by atoms with E-state index in [0.717, 1.165) is 18.3 Å². The van der Waals surface area contributed by atoms with Crippen LogP contribution in [0.3, 0.4) is 0 Å². The highest BCUT2D eigenvalue weighted by Gasteiger charge is 2.39. The zero-order chi connectivity index (χ0) is 17.5. The zero-order valence-electron chi connectivity index (χ0n) is 14.8. The lowest BCUT2D eigenvalue weighted by molar-refractivity contribution is 0.272. The number of hydrogen-bond acceptors (Lipinski definition) is 4.